The van der Waals surface area contributed by atoms with Gasteiger partial charge >= 0.3 is 0 Å². The molecule has 9 aliphatic rings. The van der Waals surface area contributed by atoms with Crippen molar-refractivity contribution in [1.82, 2.24) is 0 Å². The Bertz CT molecular complexity index is 3740. The monoisotopic (exact) mass is 856 g/mol. The van der Waals surface area contributed by atoms with Gasteiger partial charge in [-0.2, -0.15) is 0 Å². The summed E-state index contributed by atoms with van der Waals surface area (Å²) in [6.45, 7) is 0. The van der Waals surface area contributed by atoms with Gasteiger partial charge in [-0.05, 0) is 140 Å². The number of allylic oxidation sites excluding steroid dienone is 10. The quantitative estimate of drug-likeness (QED) is 0.176. The maximum atomic E-state index is 6.72. The lowest BCUT2D eigenvalue weighted by molar-refractivity contribution is 0.536. The standard InChI is InChI=1S/C61H48N2O3/c1-2-8-39(9-3-1)62-51-22-16-36(26-44(51)46-30-49-42-11-5-7-13-56(42)65-59(49)32-53(46)62)37-17-23-52-45(27-37)47-31-50-60(66-58-25-19-38-29-43(38)61(50)58)33-54(47)63(52)40-20-14-34(15-21-40)35-18-24-57-48(28-35)41-10-4-6-12-55(41)64-57/h1-2,4-8,10-15,17,19-20,24-28,30-33,35,38,40,43-44,51-52H,3,9,16,18,21-23,29H2. The summed E-state index contributed by atoms with van der Waals surface area (Å²) in [5, 5.41) is 6.20. The molecule has 3 aromatic heterocycles. The Morgan fingerprint density at radius 2 is 1.58 bits per heavy atom. The highest BCUT2D eigenvalue weighted by Crippen LogP contribution is 2.58. The van der Waals surface area contributed by atoms with Crippen molar-refractivity contribution in [3.05, 3.63) is 189 Å². The molecule has 0 saturated heterocycles. The van der Waals surface area contributed by atoms with Gasteiger partial charge in [-0.15, -0.1) is 0 Å². The van der Waals surface area contributed by atoms with Gasteiger partial charge < -0.3 is 23.1 Å². The molecule has 7 atom stereocenters. The van der Waals surface area contributed by atoms with Crippen molar-refractivity contribution in [1.29, 1.82) is 0 Å². The second-order valence-corrected chi connectivity index (χ2v) is 20.3. The van der Waals surface area contributed by atoms with Gasteiger partial charge in [0.1, 0.15) is 33.5 Å². The lowest BCUT2D eigenvalue weighted by Gasteiger charge is -2.37. The molecular formula is C61H48N2O3. The molecular weight excluding hydrogens is 809 g/mol. The second kappa shape index (κ2) is 13.3. The van der Waals surface area contributed by atoms with Crippen molar-refractivity contribution in [3.63, 3.8) is 0 Å². The Morgan fingerprint density at radius 3 is 2.47 bits per heavy atom. The first-order valence-electron chi connectivity index (χ1n) is 24.5. The first-order valence-corrected chi connectivity index (χ1v) is 24.5. The highest BCUT2D eigenvalue weighted by molar-refractivity contribution is 6.07. The van der Waals surface area contributed by atoms with Crippen molar-refractivity contribution in [2.45, 2.75) is 81.3 Å². The van der Waals surface area contributed by atoms with Crippen LogP contribution in [-0.2, 0) is 0 Å². The highest BCUT2D eigenvalue weighted by atomic mass is 16.3. The number of anilines is 2. The molecule has 7 aromatic rings. The van der Waals surface area contributed by atoms with Crippen LogP contribution in [0, 0.1) is 11.8 Å². The lowest BCUT2D eigenvalue weighted by Crippen LogP contribution is -2.40. The molecule has 66 heavy (non-hydrogen) atoms. The summed E-state index contributed by atoms with van der Waals surface area (Å²) < 4.78 is 19.4. The molecule has 0 bridgehead atoms. The average molecular weight is 857 g/mol. The smallest absolute Gasteiger partial charge is 0.137 e. The zero-order valence-corrected chi connectivity index (χ0v) is 36.8. The maximum absolute atomic E-state index is 6.72. The maximum Gasteiger partial charge on any atom is 0.137 e. The zero-order valence-electron chi connectivity index (χ0n) is 36.8. The predicted molar refractivity (Wildman–Crippen MR) is 268 cm³/mol. The molecule has 0 amide bonds. The minimum atomic E-state index is 0.251. The van der Waals surface area contributed by atoms with E-state index in [1.165, 1.54) is 89.2 Å². The average Bonchev–Trinajstić information content (AvgIpc) is 3.64. The van der Waals surface area contributed by atoms with E-state index in [1.807, 2.05) is 0 Å². The van der Waals surface area contributed by atoms with Crippen LogP contribution in [0.15, 0.2) is 169 Å². The number of rotatable bonds is 4. The summed E-state index contributed by atoms with van der Waals surface area (Å²) >= 11 is 0. The van der Waals surface area contributed by atoms with E-state index in [0.717, 1.165) is 78.5 Å². The Morgan fingerprint density at radius 1 is 0.697 bits per heavy atom. The molecule has 7 unspecified atom stereocenters. The predicted octanol–water partition coefficient (Wildman–Crippen LogP) is 13.6. The number of furan rings is 3. The molecule has 4 aromatic carbocycles. The van der Waals surface area contributed by atoms with Gasteiger partial charge in [0.15, 0.2) is 0 Å². The topological polar surface area (TPSA) is 45.9 Å². The Hall–Kier alpha value is -6.98. The van der Waals surface area contributed by atoms with Gasteiger partial charge in [0, 0.05) is 85.0 Å². The molecule has 2 aliphatic heterocycles. The number of fused-ring (bicyclic) bond motifs is 17. The molecule has 0 radical (unpaired) electrons. The van der Waals surface area contributed by atoms with Crippen LogP contribution in [0.25, 0.3) is 67.7 Å². The van der Waals surface area contributed by atoms with Gasteiger partial charge in [0.2, 0.25) is 0 Å². The number of benzene rings is 4. The molecule has 5 heterocycles. The van der Waals surface area contributed by atoms with Crippen molar-refractivity contribution in [2.24, 2.45) is 11.8 Å². The molecule has 5 nitrogen and oxygen atoms in total. The number of hydrogen-bond donors (Lipinski definition) is 0. The minimum absolute atomic E-state index is 0.251. The van der Waals surface area contributed by atoms with Crippen molar-refractivity contribution >= 4 is 79.1 Å². The summed E-state index contributed by atoms with van der Waals surface area (Å²) in [5.74, 6) is 2.98. The summed E-state index contributed by atoms with van der Waals surface area (Å²) in [5.41, 5.74) is 19.1. The summed E-state index contributed by atoms with van der Waals surface area (Å²) in [6.07, 6.45) is 40.1. The molecule has 320 valence electrons. The summed E-state index contributed by atoms with van der Waals surface area (Å²) in [4.78, 5) is 5.43. The Balaban J connectivity index is 0.776. The largest absolute Gasteiger partial charge is 0.456 e. The van der Waals surface area contributed by atoms with Crippen molar-refractivity contribution in [3.8, 4) is 0 Å². The van der Waals surface area contributed by atoms with E-state index in [4.69, 9.17) is 13.3 Å². The van der Waals surface area contributed by atoms with E-state index in [-0.39, 0.29) is 12.1 Å². The Labute approximate surface area is 382 Å². The number of nitrogens with zero attached hydrogens (tertiary/aromatic N) is 2. The summed E-state index contributed by atoms with van der Waals surface area (Å²) in [7, 11) is 0. The first kappa shape index (κ1) is 36.3. The van der Waals surface area contributed by atoms with Crippen LogP contribution in [0.5, 0.6) is 0 Å². The van der Waals surface area contributed by atoms with E-state index in [0.29, 0.717) is 29.7 Å². The van der Waals surface area contributed by atoms with Crippen LogP contribution < -0.4 is 20.4 Å². The molecule has 1 fully saturated rings. The highest BCUT2D eigenvalue weighted by Gasteiger charge is 2.46. The third kappa shape index (κ3) is 5.12. The molecule has 0 N–H and O–H groups in total. The molecule has 0 spiro atoms. The van der Waals surface area contributed by atoms with Crippen LogP contribution in [-0.4, -0.2) is 18.1 Å². The van der Waals surface area contributed by atoms with Gasteiger partial charge in [0.05, 0.1) is 12.1 Å². The normalized spacial score (nSPS) is 27.5. The minimum Gasteiger partial charge on any atom is -0.456 e. The van der Waals surface area contributed by atoms with E-state index in [1.54, 1.807) is 0 Å². The van der Waals surface area contributed by atoms with Gasteiger partial charge in [-0.3, -0.25) is 0 Å². The van der Waals surface area contributed by atoms with Crippen molar-refractivity contribution in [2.75, 3.05) is 9.80 Å². The van der Waals surface area contributed by atoms with Gasteiger partial charge in [-0.25, -0.2) is 0 Å². The van der Waals surface area contributed by atoms with E-state index in [9.17, 15) is 0 Å². The third-order valence-corrected chi connectivity index (χ3v) is 16.9. The van der Waals surface area contributed by atoms with Crippen LogP contribution in [0.4, 0.5) is 11.4 Å². The Kier molecular flexibility index (Phi) is 7.32. The fourth-order valence-corrected chi connectivity index (χ4v) is 13.7. The van der Waals surface area contributed by atoms with E-state index in [2.05, 4.69) is 162 Å². The van der Waals surface area contributed by atoms with Crippen LogP contribution in [0.1, 0.15) is 85.7 Å². The van der Waals surface area contributed by atoms with Gasteiger partial charge in [-0.1, -0.05) is 91.1 Å². The molecule has 5 heteroatoms. The fourth-order valence-electron chi connectivity index (χ4n) is 13.7. The van der Waals surface area contributed by atoms with E-state index >= 15 is 0 Å². The first-order chi connectivity index (χ1) is 32.7. The number of hydrogen-bond acceptors (Lipinski definition) is 5. The van der Waals surface area contributed by atoms with Crippen molar-refractivity contribution < 1.29 is 13.3 Å². The zero-order chi connectivity index (χ0) is 42.8. The lowest BCUT2D eigenvalue weighted by atomic mass is 9.79. The van der Waals surface area contributed by atoms with Crippen LogP contribution >= 0.6 is 0 Å². The second-order valence-electron chi connectivity index (χ2n) is 20.3. The number of para-hydroxylation sites is 2. The summed E-state index contributed by atoms with van der Waals surface area (Å²) in [6, 6.07) is 27.6. The van der Waals surface area contributed by atoms with Crippen LogP contribution in [0.3, 0.4) is 0 Å². The van der Waals surface area contributed by atoms with E-state index < -0.39 is 0 Å². The van der Waals surface area contributed by atoms with Gasteiger partial charge in [0.25, 0.3) is 0 Å². The SMILES string of the molecule is C1=CCCC(N2c3cc4oc5ccccc5c4cc3C3C=C(C4=CCC5C(=C4)c4cc6c7c(oc6cc4N5C4C=CC(C5C=c6c(oc8ccccc68)=CC5)=CC4)C=CC4CC74)CCC32)=C1. The fraction of sp³-hybridized carbons (Fsp3) is 0.246. The molecule has 7 aliphatic carbocycles. The molecule has 1 saturated carbocycles. The third-order valence-electron chi connectivity index (χ3n) is 16.9. The molecule has 16 rings (SSSR count). The van der Waals surface area contributed by atoms with Crippen LogP contribution in [0.2, 0.25) is 0 Å².